The molecule has 0 fully saturated rings. The maximum Gasteiger partial charge on any atom is 0.336 e. The highest BCUT2D eigenvalue weighted by molar-refractivity contribution is 7.92. The van der Waals surface area contributed by atoms with E-state index in [1.54, 1.807) is 13.2 Å². The Labute approximate surface area is 128 Å². The highest BCUT2D eigenvalue weighted by Crippen LogP contribution is 2.23. The van der Waals surface area contributed by atoms with Gasteiger partial charge in [-0.15, -0.1) is 0 Å². The van der Waals surface area contributed by atoms with E-state index in [9.17, 15) is 18.3 Å². The van der Waals surface area contributed by atoms with E-state index < -0.39 is 16.0 Å². The van der Waals surface area contributed by atoms with Crippen LogP contribution in [0.1, 0.15) is 22.8 Å². The molecule has 0 spiro atoms. The fourth-order valence-electron chi connectivity index (χ4n) is 2.09. The average molecular weight is 323 g/mol. The third kappa shape index (κ3) is 2.82. The van der Waals surface area contributed by atoms with Crippen LogP contribution in [-0.2, 0) is 23.5 Å². The lowest BCUT2D eigenvalue weighted by Crippen LogP contribution is -2.26. The number of rotatable bonds is 5. The smallest absolute Gasteiger partial charge is 0.336 e. The predicted molar refractivity (Wildman–Crippen MR) is 81.6 cm³/mol. The van der Waals surface area contributed by atoms with Crippen LogP contribution in [0.25, 0.3) is 0 Å². The van der Waals surface area contributed by atoms with Crippen molar-refractivity contribution in [2.24, 2.45) is 7.05 Å². The molecule has 0 aliphatic rings. The molecule has 8 heteroatoms. The second-order valence-electron chi connectivity index (χ2n) is 4.82. The molecule has 2 aromatic rings. The molecule has 0 radical (unpaired) electrons. The number of hydrogen-bond donors (Lipinski definition) is 1. The maximum absolute atomic E-state index is 12.6. The largest absolute Gasteiger partial charge is 0.478 e. The summed E-state index contributed by atoms with van der Waals surface area (Å²) < 4.78 is 27.8. The number of anilines is 1. The number of sulfonamides is 1. The first-order chi connectivity index (χ1) is 10.3. The van der Waals surface area contributed by atoms with Crippen molar-refractivity contribution < 1.29 is 18.3 Å². The molecule has 0 atom stereocenters. The summed E-state index contributed by atoms with van der Waals surface area (Å²) >= 11 is 0. The van der Waals surface area contributed by atoms with E-state index in [1.165, 1.54) is 36.1 Å². The van der Waals surface area contributed by atoms with E-state index in [4.69, 9.17) is 0 Å². The summed E-state index contributed by atoms with van der Waals surface area (Å²) in [6, 6.07) is 4.16. The van der Waals surface area contributed by atoms with Crippen molar-refractivity contribution in [3.63, 3.8) is 0 Å². The molecule has 2 rings (SSSR count). The van der Waals surface area contributed by atoms with Crippen LogP contribution in [-0.4, -0.2) is 36.3 Å². The van der Waals surface area contributed by atoms with Crippen LogP contribution in [0.15, 0.2) is 35.5 Å². The fourth-order valence-corrected chi connectivity index (χ4v) is 3.29. The minimum Gasteiger partial charge on any atom is -0.478 e. The Balaban J connectivity index is 2.50. The van der Waals surface area contributed by atoms with Gasteiger partial charge in [-0.3, -0.25) is 8.99 Å². The highest BCUT2D eigenvalue weighted by atomic mass is 32.2. The zero-order valence-electron chi connectivity index (χ0n) is 12.5. The Morgan fingerprint density at radius 3 is 2.59 bits per heavy atom. The zero-order chi connectivity index (χ0) is 16.5. The fraction of sp³-hybridized carbons (Fsp3) is 0.286. The first kappa shape index (κ1) is 16.0. The molecule has 0 saturated heterocycles. The summed E-state index contributed by atoms with van der Waals surface area (Å²) in [6.07, 6.45) is 3.51. The molecule has 1 N–H and O–H groups in total. The Hall–Kier alpha value is -2.35. The molecule has 118 valence electrons. The Morgan fingerprint density at radius 2 is 2.09 bits per heavy atom. The van der Waals surface area contributed by atoms with Crippen LogP contribution in [0.3, 0.4) is 0 Å². The molecule has 1 aromatic heterocycles. The summed E-state index contributed by atoms with van der Waals surface area (Å²) in [5.41, 5.74) is 0.998. The second kappa shape index (κ2) is 5.80. The van der Waals surface area contributed by atoms with Gasteiger partial charge in [-0.05, 0) is 24.1 Å². The molecular weight excluding hydrogens is 306 g/mol. The van der Waals surface area contributed by atoms with Gasteiger partial charge < -0.3 is 5.11 Å². The summed E-state index contributed by atoms with van der Waals surface area (Å²) in [5.74, 6) is -1.14. The van der Waals surface area contributed by atoms with Gasteiger partial charge >= 0.3 is 5.97 Å². The summed E-state index contributed by atoms with van der Waals surface area (Å²) in [6.45, 7) is 1.82. The molecule has 1 heterocycles. The van der Waals surface area contributed by atoms with E-state index in [0.29, 0.717) is 17.7 Å². The number of aromatic nitrogens is 2. The Morgan fingerprint density at radius 1 is 1.41 bits per heavy atom. The van der Waals surface area contributed by atoms with Gasteiger partial charge in [0.25, 0.3) is 10.0 Å². The summed E-state index contributed by atoms with van der Waals surface area (Å²) in [4.78, 5) is 11.2. The van der Waals surface area contributed by atoms with Crippen LogP contribution >= 0.6 is 0 Å². The number of benzene rings is 1. The number of carbonyl (C=O) groups is 1. The Kier molecular flexibility index (Phi) is 4.23. The zero-order valence-corrected chi connectivity index (χ0v) is 13.3. The quantitative estimate of drug-likeness (QED) is 0.900. The molecule has 0 saturated carbocycles. The number of nitrogens with zero attached hydrogens (tertiary/aromatic N) is 3. The number of carboxylic acids is 1. The van der Waals surface area contributed by atoms with Gasteiger partial charge in [-0.25, -0.2) is 13.2 Å². The topological polar surface area (TPSA) is 92.5 Å². The van der Waals surface area contributed by atoms with Crippen molar-refractivity contribution in [1.82, 2.24) is 9.78 Å². The van der Waals surface area contributed by atoms with Gasteiger partial charge in [0.05, 0.1) is 22.3 Å². The van der Waals surface area contributed by atoms with E-state index in [2.05, 4.69) is 5.10 Å². The van der Waals surface area contributed by atoms with E-state index >= 15 is 0 Å². The molecule has 7 nitrogen and oxygen atoms in total. The first-order valence-corrected chi connectivity index (χ1v) is 8.05. The first-order valence-electron chi connectivity index (χ1n) is 6.61. The average Bonchev–Trinajstić information content (AvgIpc) is 2.91. The molecular formula is C14H17N3O4S. The minimum atomic E-state index is -3.84. The van der Waals surface area contributed by atoms with Gasteiger partial charge in [-0.2, -0.15) is 5.10 Å². The van der Waals surface area contributed by atoms with Crippen LogP contribution in [0.2, 0.25) is 0 Å². The molecule has 22 heavy (non-hydrogen) atoms. The normalized spacial score (nSPS) is 11.4. The van der Waals surface area contributed by atoms with Gasteiger partial charge in [0, 0.05) is 20.3 Å². The summed E-state index contributed by atoms with van der Waals surface area (Å²) in [5, 5.41) is 13.2. The number of aromatic carboxylic acids is 1. The highest BCUT2D eigenvalue weighted by Gasteiger charge is 2.24. The van der Waals surface area contributed by atoms with Crippen molar-refractivity contribution in [3.8, 4) is 0 Å². The Bertz CT molecular complexity index is 811. The third-order valence-electron chi connectivity index (χ3n) is 3.41. The van der Waals surface area contributed by atoms with E-state index in [1.807, 2.05) is 6.92 Å². The SMILES string of the molecule is CCc1ccc(S(=O)(=O)N(C)c2cnn(C)c2)cc1C(=O)O. The molecule has 0 bridgehead atoms. The van der Waals surface area contributed by atoms with Crippen molar-refractivity contribution in [1.29, 1.82) is 0 Å². The molecule has 0 unspecified atom stereocenters. The van der Waals surface area contributed by atoms with Crippen LogP contribution < -0.4 is 4.31 Å². The van der Waals surface area contributed by atoms with Gasteiger partial charge in [-0.1, -0.05) is 13.0 Å². The molecule has 0 aliphatic carbocycles. The van der Waals surface area contributed by atoms with E-state index in [-0.39, 0.29) is 10.5 Å². The minimum absolute atomic E-state index is 0.00293. The third-order valence-corrected chi connectivity index (χ3v) is 5.19. The van der Waals surface area contributed by atoms with Crippen LogP contribution in [0.4, 0.5) is 5.69 Å². The molecule has 0 aliphatic heterocycles. The second-order valence-corrected chi connectivity index (χ2v) is 6.79. The van der Waals surface area contributed by atoms with Crippen molar-refractivity contribution in [2.45, 2.75) is 18.2 Å². The van der Waals surface area contributed by atoms with Crippen molar-refractivity contribution in [2.75, 3.05) is 11.4 Å². The number of aryl methyl sites for hydroxylation is 2. The predicted octanol–water partition coefficient (Wildman–Crippen LogP) is 1.51. The van der Waals surface area contributed by atoms with Crippen LogP contribution in [0, 0.1) is 0 Å². The van der Waals surface area contributed by atoms with Crippen molar-refractivity contribution in [3.05, 3.63) is 41.7 Å². The van der Waals surface area contributed by atoms with Gasteiger partial charge in [0.2, 0.25) is 0 Å². The lowest BCUT2D eigenvalue weighted by Gasteiger charge is -2.18. The van der Waals surface area contributed by atoms with Crippen molar-refractivity contribution >= 4 is 21.7 Å². The van der Waals surface area contributed by atoms with Gasteiger partial charge in [0.15, 0.2) is 0 Å². The lowest BCUT2D eigenvalue weighted by atomic mass is 10.1. The number of hydrogen-bond acceptors (Lipinski definition) is 4. The summed E-state index contributed by atoms with van der Waals surface area (Å²) in [7, 11) is -0.757. The number of carboxylic acid groups (broad SMARTS) is 1. The monoisotopic (exact) mass is 323 g/mol. The standard InChI is InChI=1S/C14H17N3O4S/c1-4-10-5-6-12(7-13(10)14(18)19)22(20,21)17(3)11-8-15-16(2)9-11/h5-9H,4H2,1-3H3,(H,18,19). The van der Waals surface area contributed by atoms with Gasteiger partial charge in [0.1, 0.15) is 0 Å². The molecule has 0 amide bonds. The van der Waals surface area contributed by atoms with Crippen LogP contribution in [0.5, 0.6) is 0 Å². The lowest BCUT2D eigenvalue weighted by molar-refractivity contribution is 0.0695. The maximum atomic E-state index is 12.6. The van der Waals surface area contributed by atoms with E-state index in [0.717, 1.165) is 4.31 Å². The molecule has 1 aromatic carbocycles.